The lowest BCUT2D eigenvalue weighted by molar-refractivity contribution is -0.150. The van der Waals surface area contributed by atoms with Crippen LogP contribution >= 0.6 is 0 Å². The van der Waals surface area contributed by atoms with Crippen molar-refractivity contribution >= 4 is 5.97 Å². The minimum Gasteiger partial charge on any atom is -0.366 e. The van der Waals surface area contributed by atoms with E-state index in [9.17, 15) is 4.79 Å². The molecule has 0 amide bonds. The molecule has 0 bridgehead atoms. The first-order chi connectivity index (χ1) is 5.90. The number of carbonyl (C=O) groups excluding carboxylic acids is 1. The summed E-state index contributed by atoms with van der Waals surface area (Å²) < 4.78 is 0. The maximum Gasteiger partial charge on any atom is 0.352 e. The van der Waals surface area contributed by atoms with Crippen LogP contribution in [-0.2, 0) is 9.63 Å². The lowest BCUT2D eigenvalue weighted by Crippen LogP contribution is -2.37. The van der Waals surface area contributed by atoms with Gasteiger partial charge in [0.05, 0.1) is 0 Å². The highest BCUT2D eigenvalue weighted by molar-refractivity contribution is 5.87. The summed E-state index contributed by atoms with van der Waals surface area (Å²) in [5.74, 6) is -0.292. The first kappa shape index (κ1) is 12.2. The van der Waals surface area contributed by atoms with E-state index in [0.717, 1.165) is 0 Å². The van der Waals surface area contributed by atoms with Crippen LogP contribution in [0.5, 0.6) is 0 Å². The van der Waals surface area contributed by atoms with Crippen LogP contribution < -0.4 is 5.48 Å². The molecule has 0 rings (SSSR count). The number of rotatable bonds is 3. The summed E-state index contributed by atoms with van der Waals surface area (Å²) in [5, 5.41) is 0. The summed E-state index contributed by atoms with van der Waals surface area (Å²) in [6.07, 6.45) is 2.47. The largest absolute Gasteiger partial charge is 0.366 e. The van der Waals surface area contributed by atoms with Crippen LogP contribution in [0, 0.1) is 0 Å². The average Bonchev–Trinajstić information content (AvgIpc) is 2.02. The molecule has 0 aromatic carbocycles. The maximum absolute atomic E-state index is 11.3. The van der Waals surface area contributed by atoms with Crippen molar-refractivity contribution < 1.29 is 9.63 Å². The van der Waals surface area contributed by atoms with E-state index < -0.39 is 0 Å². The van der Waals surface area contributed by atoms with Gasteiger partial charge in [-0.25, -0.2) is 4.79 Å². The molecule has 3 nitrogen and oxygen atoms in total. The van der Waals surface area contributed by atoms with Crippen LogP contribution in [0.1, 0.15) is 41.0 Å². The van der Waals surface area contributed by atoms with Crippen molar-refractivity contribution in [3.05, 3.63) is 11.6 Å². The summed E-state index contributed by atoms with van der Waals surface area (Å²) in [7, 11) is 0. The van der Waals surface area contributed by atoms with Crippen molar-refractivity contribution in [1.82, 2.24) is 5.48 Å². The maximum atomic E-state index is 11.3. The number of carbonyl (C=O) groups is 1. The minimum atomic E-state index is -0.292. The predicted molar refractivity (Wildman–Crippen MR) is 53.0 cm³/mol. The van der Waals surface area contributed by atoms with Gasteiger partial charge in [0.15, 0.2) is 0 Å². The van der Waals surface area contributed by atoms with E-state index >= 15 is 0 Å². The molecule has 0 atom stereocenters. The van der Waals surface area contributed by atoms with Crippen molar-refractivity contribution in [2.45, 2.75) is 46.6 Å². The van der Waals surface area contributed by atoms with Crippen LogP contribution in [0.3, 0.4) is 0 Å². The summed E-state index contributed by atoms with van der Waals surface area (Å²) in [4.78, 5) is 16.2. The van der Waals surface area contributed by atoms with Gasteiger partial charge in [-0.15, -0.1) is 5.48 Å². The van der Waals surface area contributed by atoms with Crippen LogP contribution in [0.25, 0.3) is 0 Å². The van der Waals surface area contributed by atoms with Gasteiger partial charge in [-0.05, 0) is 34.1 Å². The van der Waals surface area contributed by atoms with Crippen molar-refractivity contribution in [3.63, 3.8) is 0 Å². The second-order valence-electron chi connectivity index (χ2n) is 3.91. The topological polar surface area (TPSA) is 38.3 Å². The highest BCUT2D eigenvalue weighted by atomic mass is 16.7. The smallest absolute Gasteiger partial charge is 0.352 e. The Kier molecular flexibility index (Phi) is 4.70. The Labute approximate surface area is 80.1 Å². The molecule has 0 aromatic rings. The lowest BCUT2D eigenvalue weighted by Gasteiger charge is -2.19. The second kappa shape index (κ2) is 5.02. The van der Waals surface area contributed by atoms with Gasteiger partial charge in [-0.3, -0.25) is 0 Å². The minimum absolute atomic E-state index is 0.206. The molecule has 0 aliphatic rings. The van der Waals surface area contributed by atoms with Gasteiger partial charge in [0.1, 0.15) is 0 Å². The van der Waals surface area contributed by atoms with Crippen LogP contribution in [0.4, 0.5) is 0 Å². The van der Waals surface area contributed by atoms with Crippen molar-refractivity contribution in [3.8, 4) is 0 Å². The van der Waals surface area contributed by atoms with E-state index in [-0.39, 0.29) is 11.5 Å². The quantitative estimate of drug-likeness (QED) is 0.541. The zero-order valence-corrected chi connectivity index (χ0v) is 9.10. The Balaban J connectivity index is 4.02. The van der Waals surface area contributed by atoms with E-state index in [0.29, 0.717) is 12.0 Å². The van der Waals surface area contributed by atoms with Gasteiger partial charge in [0, 0.05) is 11.1 Å². The normalized spacial score (nSPS) is 12.8. The van der Waals surface area contributed by atoms with Gasteiger partial charge in [0.25, 0.3) is 0 Å². The van der Waals surface area contributed by atoms with E-state index in [1.54, 1.807) is 6.08 Å². The first-order valence-electron chi connectivity index (χ1n) is 4.54. The molecular weight excluding hydrogens is 166 g/mol. The number of hydrogen-bond acceptors (Lipinski definition) is 3. The van der Waals surface area contributed by atoms with E-state index in [4.69, 9.17) is 4.84 Å². The fourth-order valence-corrected chi connectivity index (χ4v) is 0.731. The molecule has 0 radical (unpaired) electrons. The molecule has 0 heterocycles. The predicted octanol–water partition coefficient (Wildman–Crippen LogP) is 2.19. The molecule has 0 aliphatic carbocycles. The van der Waals surface area contributed by atoms with E-state index in [1.807, 2.05) is 34.6 Å². The summed E-state index contributed by atoms with van der Waals surface area (Å²) in [5.41, 5.74) is 3.17. The number of nitrogens with one attached hydrogen (secondary N) is 1. The van der Waals surface area contributed by atoms with E-state index in [2.05, 4.69) is 5.48 Å². The molecule has 0 aliphatic heterocycles. The lowest BCUT2D eigenvalue weighted by atomic mass is 10.1. The van der Waals surface area contributed by atoms with Crippen LogP contribution in [-0.4, -0.2) is 11.5 Å². The fraction of sp³-hybridized carbons (Fsp3) is 0.700. The standard InChI is InChI=1S/C10H19NO2/c1-6-8(7-2)9(12)13-11-10(3,4)5/h6,11H,7H2,1-5H3. The molecule has 0 saturated heterocycles. The van der Waals surface area contributed by atoms with Gasteiger partial charge in [0.2, 0.25) is 0 Å². The van der Waals surface area contributed by atoms with Crippen LogP contribution in [0.15, 0.2) is 11.6 Å². The Morgan fingerprint density at radius 3 is 2.31 bits per heavy atom. The SMILES string of the molecule is CC=C(CC)C(=O)ONC(C)(C)C. The number of hydroxylamine groups is 1. The molecule has 0 unspecified atom stereocenters. The molecule has 0 saturated carbocycles. The third-order valence-electron chi connectivity index (χ3n) is 1.44. The summed E-state index contributed by atoms with van der Waals surface area (Å²) in [6.45, 7) is 9.55. The molecule has 13 heavy (non-hydrogen) atoms. The second-order valence-corrected chi connectivity index (χ2v) is 3.91. The third-order valence-corrected chi connectivity index (χ3v) is 1.44. The van der Waals surface area contributed by atoms with Gasteiger partial charge < -0.3 is 4.84 Å². The van der Waals surface area contributed by atoms with E-state index in [1.165, 1.54) is 0 Å². The van der Waals surface area contributed by atoms with Gasteiger partial charge in [-0.2, -0.15) is 0 Å². The summed E-state index contributed by atoms with van der Waals surface area (Å²) >= 11 is 0. The average molecular weight is 185 g/mol. The Morgan fingerprint density at radius 1 is 1.46 bits per heavy atom. The van der Waals surface area contributed by atoms with Gasteiger partial charge >= 0.3 is 5.97 Å². The Hall–Kier alpha value is -0.830. The van der Waals surface area contributed by atoms with Crippen LogP contribution in [0.2, 0.25) is 0 Å². The molecule has 1 N–H and O–H groups in total. The van der Waals surface area contributed by atoms with Crippen molar-refractivity contribution in [2.75, 3.05) is 0 Å². The molecule has 0 fully saturated rings. The molecule has 3 heteroatoms. The molecule has 0 aromatic heterocycles. The Morgan fingerprint density at radius 2 is 2.00 bits per heavy atom. The summed E-state index contributed by atoms with van der Waals surface area (Å²) in [6, 6.07) is 0. The highest BCUT2D eigenvalue weighted by Gasteiger charge is 2.14. The molecule has 76 valence electrons. The highest BCUT2D eigenvalue weighted by Crippen LogP contribution is 2.04. The third kappa shape index (κ3) is 5.42. The first-order valence-corrected chi connectivity index (χ1v) is 4.54. The van der Waals surface area contributed by atoms with Crippen molar-refractivity contribution in [2.24, 2.45) is 0 Å². The van der Waals surface area contributed by atoms with Gasteiger partial charge in [-0.1, -0.05) is 13.0 Å². The molecular formula is C10H19NO2. The zero-order valence-electron chi connectivity index (χ0n) is 9.10. The number of hydrogen-bond donors (Lipinski definition) is 1. The molecule has 0 spiro atoms. The van der Waals surface area contributed by atoms with Crippen molar-refractivity contribution in [1.29, 1.82) is 0 Å². The zero-order chi connectivity index (χ0) is 10.5. The monoisotopic (exact) mass is 185 g/mol. The Bertz CT molecular complexity index is 201. The number of allylic oxidation sites excluding steroid dienone is 1. The fourth-order valence-electron chi connectivity index (χ4n) is 0.731.